The van der Waals surface area contributed by atoms with Gasteiger partial charge in [-0.05, 0) is 256 Å². The van der Waals surface area contributed by atoms with E-state index in [0.29, 0.717) is 0 Å². The van der Waals surface area contributed by atoms with E-state index in [1.807, 2.05) is 0 Å². The summed E-state index contributed by atoms with van der Waals surface area (Å²) in [6.07, 6.45) is 4.53. The van der Waals surface area contributed by atoms with Crippen molar-refractivity contribution in [1.29, 1.82) is 0 Å². The second-order valence-electron chi connectivity index (χ2n) is 29.8. The molecule has 0 radical (unpaired) electrons. The Hall–Kier alpha value is -9.12. The van der Waals surface area contributed by atoms with Crippen LogP contribution in [0.2, 0.25) is 0 Å². The van der Waals surface area contributed by atoms with Gasteiger partial charge in [0, 0.05) is 67.2 Å². The number of nitrogens with zero attached hydrogens (tertiary/aromatic N) is 4. The molecule has 4 saturated carbocycles. The molecule has 4 nitrogen and oxygen atoms in total. The van der Waals surface area contributed by atoms with E-state index in [-0.39, 0.29) is 43.8 Å². The summed E-state index contributed by atoms with van der Waals surface area (Å²) in [5.41, 5.74) is 26.7. The molecule has 0 spiro atoms. The maximum atomic E-state index is 2.67. The third kappa shape index (κ3) is 5.77. The first-order chi connectivity index (χ1) is 42.5. The highest BCUT2D eigenvalue weighted by molar-refractivity contribution is 6.32. The second kappa shape index (κ2) is 15.8. The molecule has 8 unspecified atom stereocenters. The molecule has 12 aromatic carbocycles. The number of rotatable bonds is 8. The molecular formula is C84H70N4. The maximum absolute atomic E-state index is 2.67. The molecule has 4 fully saturated rings. The van der Waals surface area contributed by atoms with Crippen molar-refractivity contribution >= 4 is 77.8 Å². The van der Waals surface area contributed by atoms with Crippen molar-refractivity contribution in [2.45, 2.75) is 125 Å². The van der Waals surface area contributed by atoms with Crippen LogP contribution in [0.1, 0.15) is 103 Å². The van der Waals surface area contributed by atoms with E-state index < -0.39 is 0 Å². The summed E-state index contributed by atoms with van der Waals surface area (Å²) < 4.78 is 0. The fourth-order valence-corrected chi connectivity index (χ4v) is 19.8. The zero-order valence-electron chi connectivity index (χ0n) is 51.6. The largest absolute Gasteiger partial charge is 0.334 e. The van der Waals surface area contributed by atoms with Gasteiger partial charge >= 0.3 is 0 Å². The molecule has 0 bridgehead atoms. The molecular weight excluding hydrogens is 1060 g/mol. The number of hydrogen-bond acceptors (Lipinski definition) is 4. The second-order valence-corrected chi connectivity index (χ2v) is 29.8. The summed E-state index contributed by atoms with van der Waals surface area (Å²) in [4.78, 5) is 10.6. The van der Waals surface area contributed by atoms with Crippen molar-refractivity contribution in [2.24, 2.45) is 0 Å². The fourth-order valence-electron chi connectivity index (χ4n) is 19.8. The minimum absolute atomic E-state index is 0.0127. The standard InChI is InChI=1S/C84H70N4/c1-77-47-81(77,5)88(58-27-19-12-20-28-58)74-44-54(29-37-67(74)77)66-46-65(53-32-40-73-70(43-53)80(4)50-84(80,8)87(73)57-25-17-11-18-26-57)61-34-33-59-63(51-30-38-71-68(41-51)78(2)48-82(78,6)85(71)55-21-13-9-14-22-55)45-64(60-35-36-62(66)76(61)75(59)60)52-31-39-72-69(42-52)79(3)49-83(79,7)86(72)56-23-15-10-16-24-56/h9-46H,47-50H2,1-8H3. The first kappa shape index (κ1) is 49.9. The van der Waals surface area contributed by atoms with Crippen molar-refractivity contribution in [3.63, 3.8) is 0 Å². The van der Waals surface area contributed by atoms with Crippen molar-refractivity contribution < 1.29 is 0 Å². The van der Waals surface area contributed by atoms with Gasteiger partial charge < -0.3 is 19.6 Å². The molecule has 4 aliphatic carbocycles. The zero-order chi connectivity index (χ0) is 59.0. The highest BCUT2D eigenvalue weighted by Crippen LogP contribution is 2.74. The van der Waals surface area contributed by atoms with E-state index >= 15 is 0 Å². The number of benzene rings is 12. The predicted octanol–water partition coefficient (Wildman–Crippen LogP) is 21.5. The van der Waals surface area contributed by atoms with Gasteiger partial charge in [-0.15, -0.1) is 0 Å². The molecule has 4 heterocycles. The Labute approximate surface area is 516 Å². The van der Waals surface area contributed by atoms with Crippen molar-refractivity contribution in [3.05, 3.63) is 253 Å². The lowest BCUT2D eigenvalue weighted by molar-refractivity contribution is 0.639. The highest BCUT2D eigenvalue weighted by atomic mass is 15.3. The number of fused-ring (bicyclic) bond motifs is 12. The van der Waals surface area contributed by atoms with Gasteiger partial charge in [0.2, 0.25) is 0 Å². The summed E-state index contributed by atoms with van der Waals surface area (Å²) in [6.45, 7) is 19.9. The lowest BCUT2D eigenvalue weighted by atomic mass is 9.80. The van der Waals surface area contributed by atoms with Crippen molar-refractivity contribution in [2.75, 3.05) is 19.6 Å². The van der Waals surface area contributed by atoms with Gasteiger partial charge in [-0.3, -0.25) is 0 Å². The van der Waals surface area contributed by atoms with Gasteiger partial charge in [0.15, 0.2) is 0 Å². The maximum Gasteiger partial charge on any atom is 0.0528 e. The molecule has 0 N–H and O–H groups in total. The fraction of sp³-hybridized carbons (Fsp3) is 0.238. The molecule has 426 valence electrons. The Morgan fingerprint density at radius 3 is 0.807 bits per heavy atom. The normalized spacial score (nSPS) is 29.2. The lowest BCUT2D eigenvalue weighted by Gasteiger charge is -2.29. The van der Waals surface area contributed by atoms with Crippen LogP contribution in [0.4, 0.5) is 45.5 Å². The monoisotopic (exact) mass is 1130 g/mol. The van der Waals surface area contributed by atoms with E-state index in [4.69, 9.17) is 0 Å². The smallest absolute Gasteiger partial charge is 0.0528 e. The Kier molecular flexibility index (Phi) is 8.95. The zero-order valence-corrected chi connectivity index (χ0v) is 51.6. The molecule has 4 aliphatic heterocycles. The first-order valence-electron chi connectivity index (χ1n) is 32.3. The molecule has 88 heavy (non-hydrogen) atoms. The summed E-state index contributed by atoms with van der Waals surface area (Å²) in [7, 11) is 0. The Balaban J connectivity index is 0.858. The Morgan fingerprint density at radius 2 is 0.500 bits per heavy atom. The van der Waals surface area contributed by atoms with Gasteiger partial charge in [0.05, 0.1) is 22.2 Å². The number of hydrogen-bond donors (Lipinski definition) is 0. The van der Waals surface area contributed by atoms with Gasteiger partial charge in [-0.1, -0.05) is 155 Å². The molecule has 0 aromatic heterocycles. The van der Waals surface area contributed by atoms with Crippen LogP contribution >= 0.6 is 0 Å². The third-order valence-electron chi connectivity index (χ3n) is 25.5. The van der Waals surface area contributed by atoms with E-state index in [0.717, 1.165) is 25.7 Å². The van der Waals surface area contributed by atoms with Crippen LogP contribution in [0, 0.1) is 0 Å². The predicted molar refractivity (Wildman–Crippen MR) is 368 cm³/mol. The van der Waals surface area contributed by atoms with Gasteiger partial charge in [0.1, 0.15) is 0 Å². The Bertz CT molecular complexity index is 4950. The summed E-state index contributed by atoms with van der Waals surface area (Å²) in [5, 5.41) is 7.90. The SMILES string of the molecule is CC12CC1(C)N(c1ccccc1)c1cc(-c3cc(-c4ccc5c(c4)C4(C)CC4(C)N5c4ccccc4)c4ccc5c(-c6ccc7c(c6)C6(C)CC6(C)N7c6ccccc6)cc(-c6ccc7c(c6)C6(C)CC6(C)N7c6ccccc6)c6ccc3c4c65)ccc12. The minimum Gasteiger partial charge on any atom is -0.334 e. The molecule has 12 aromatic rings. The van der Waals surface area contributed by atoms with E-state index in [1.54, 1.807) is 0 Å². The van der Waals surface area contributed by atoms with Crippen molar-refractivity contribution in [1.82, 2.24) is 0 Å². The van der Waals surface area contributed by atoms with Gasteiger partial charge in [-0.2, -0.15) is 0 Å². The van der Waals surface area contributed by atoms with E-state index in [9.17, 15) is 0 Å². The average molecular weight is 1140 g/mol. The Morgan fingerprint density at radius 1 is 0.239 bits per heavy atom. The molecule has 8 atom stereocenters. The van der Waals surface area contributed by atoms with E-state index in [1.165, 1.54) is 145 Å². The van der Waals surface area contributed by atoms with Gasteiger partial charge in [0.25, 0.3) is 0 Å². The van der Waals surface area contributed by atoms with E-state index in [2.05, 4.69) is 306 Å². The molecule has 0 saturated heterocycles. The molecule has 0 amide bonds. The highest BCUT2D eigenvalue weighted by Gasteiger charge is 2.74. The van der Waals surface area contributed by atoms with Crippen LogP contribution in [0.25, 0.3) is 76.8 Å². The van der Waals surface area contributed by atoms with Crippen LogP contribution in [0.15, 0.2) is 231 Å². The van der Waals surface area contributed by atoms with Gasteiger partial charge in [-0.25, -0.2) is 0 Å². The lowest BCUT2D eigenvalue weighted by Crippen LogP contribution is -2.30. The van der Waals surface area contributed by atoms with Crippen LogP contribution in [0.3, 0.4) is 0 Å². The summed E-state index contributed by atoms with van der Waals surface area (Å²) in [5.74, 6) is 0. The van der Waals surface area contributed by atoms with Crippen molar-refractivity contribution in [3.8, 4) is 44.5 Å². The van der Waals surface area contributed by atoms with Crippen LogP contribution in [0.5, 0.6) is 0 Å². The molecule has 8 aliphatic rings. The summed E-state index contributed by atoms with van der Waals surface area (Å²) in [6, 6.07) is 89.6. The summed E-state index contributed by atoms with van der Waals surface area (Å²) >= 11 is 0. The average Bonchev–Trinajstić information content (AvgIpc) is 1.49. The minimum atomic E-state index is 0.0127. The van der Waals surface area contributed by atoms with Crippen LogP contribution < -0.4 is 19.6 Å². The molecule has 20 rings (SSSR count). The topological polar surface area (TPSA) is 13.0 Å². The molecule has 4 heteroatoms. The van der Waals surface area contributed by atoms with Crippen LogP contribution in [-0.4, -0.2) is 22.2 Å². The quantitative estimate of drug-likeness (QED) is 0.141. The number of anilines is 8. The van der Waals surface area contributed by atoms with Crippen LogP contribution in [-0.2, 0) is 21.7 Å². The first-order valence-corrected chi connectivity index (χ1v) is 32.3. The third-order valence-corrected chi connectivity index (χ3v) is 25.5. The number of para-hydroxylation sites is 4.